The number of hydrogen-bond acceptors (Lipinski definition) is 3. The molecule has 1 saturated heterocycles. The van der Waals surface area contributed by atoms with Crippen LogP contribution >= 0.6 is 11.6 Å². The maximum absolute atomic E-state index is 10.4. The summed E-state index contributed by atoms with van der Waals surface area (Å²) in [6.07, 6.45) is -4.90. The first kappa shape index (κ1) is 16.9. The van der Waals surface area contributed by atoms with Crippen molar-refractivity contribution in [1.82, 2.24) is 4.90 Å². The van der Waals surface area contributed by atoms with E-state index < -0.39 is 18.1 Å². The molecular formula is C13H15ClF3NO2. The van der Waals surface area contributed by atoms with E-state index in [9.17, 15) is 18.3 Å². The molecule has 1 aliphatic heterocycles. The molecule has 1 N–H and O–H groups in total. The molecule has 1 aliphatic rings. The predicted octanol–water partition coefficient (Wildman–Crippen LogP) is 2.61. The molecule has 0 saturated carbocycles. The van der Waals surface area contributed by atoms with Gasteiger partial charge in [-0.2, -0.15) is 13.2 Å². The smallest absolute Gasteiger partial charge is 0.384 e. The van der Waals surface area contributed by atoms with Crippen LogP contribution in [0.15, 0.2) is 24.3 Å². The summed E-state index contributed by atoms with van der Waals surface area (Å²) in [5.74, 6) is 0. The predicted molar refractivity (Wildman–Crippen MR) is 69.6 cm³/mol. The second-order valence-corrected chi connectivity index (χ2v) is 5.12. The number of likely N-dealkylation sites (tertiary alicyclic amines) is 1. The molecule has 1 aromatic rings. The van der Waals surface area contributed by atoms with Crippen LogP contribution in [0.5, 0.6) is 0 Å². The number of nitrogens with zero attached hydrogens (tertiary/aromatic N) is 1. The van der Waals surface area contributed by atoms with Crippen molar-refractivity contribution in [2.24, 2.45) is 0 Å². The zero-order chi connectivity index (χ0) is 15.4. The number of hydrogen-bond donors (Lipinski definition) is 1. The largest absolute Gasteiger partial charge is 0.446 e. The summed E-state index contributed by atoms with van der Waals surface area (Å²) < 4.78 is 31.2. The van der Waals surface area contributed by atoms with E-state index in [1.165, 1.54) is 0 Å². The highest BCUT2D eigenvalue weighted by molar-refractivity contribution is 6.30. The molecule has 2 rings (SSSR count). The van der Waals surface area contributed by atoms with Crippen LogP contribution in [0.25, 0.3) is 0 Å². The van der Waals surface area contributed by atoms with Gasteiger partial charge in [0, 0.05) is 18.1 Å². The standard InChI is InChI=1S/C11H14ClNO.C2HF3O/c1-13-7-6-11(14,8-13)9-2-4-10(12)5-3-9;3-2(4,5)1-6/h2-5,14H,6-8H2,1H3;1H. The van der Waals surface area contributed by atoms with E-state index in [1.807, 2.05) is 31.3 Å². The van der Waals surface area contributed by atoms with Gasteiger partial charge in [0.1, 0.15) is 5.60 Å². The van der Waals surface area contributed by atoms with Crippen LogP contribution in [0.2, 0.25) is 5.02 Å². The van der Waals surface area contributed by atoms with Gasteiger partial charge in [0.2, 0.25) is 6.29 Å². The number of β-amino-alcohol motifs (C(OH)–C–C–N with tert-alkyl or cyclic N) is 1. The maximum Gasteiger partial charge on any atom is 0.446 e. The number of likely N-dealkylation sites (N-methyl/N-ethyl adjacent to an activating group) is 1. The van der Waals surface area contributed by atoms with Crippen molar-refractivity contribution in [3.63, 3.8) is 0 Å². The van der Waals surface area contributed by atoms with Gasteiger partial charge in [-0.3, -0.25) is 4.79 Å². The summed E-state index contributed by atoms with van der Waals surface area (Å²) in [7, 11) is 2.02. The Labute approximate surface area is 120 Å². The van der Waals surface area contributed by atoms with Crippen LogP contribution in [0, 0.1) is 0 Å². The topological polar surface area (TPSA) is 40.5 Å². The van der Waals surface area contributed by atoms with Gasteiger partial charge in [-0.15, -0.1) is 0 Å². The molecule has 112 valence electrons. The SMILES string of the molecule is CN1CCC(O)(c2ccc(Cl)cc2)C1.O=CC(F)(F)F. The monoisotopic (exact) mass is 309 g/mol. The lowest BCUT2D eigenvalue weighted by atomic mass is 9.93. The molecule has 0 radical (unpaired) electrons. The third-order valence-corrected chi connectivity index (χ3v) is 3.21. The number of halogens is 4. The molecule has 0 amide bonds. The lowest BCUT2D eigenvalue weighted by molar-refractivity contribution is -0.156. The first-order valence-electron chi connectivity index (χ1n) is 5.86. The third-order valence-electron chi connectivity index (χ3n) is 2.95. The van der Waals surface area contributed by atoms with Gasteiger partial charge in [0.05, 0.1) is 0 Å². The van der Waals surface area contributed by atoms with Crippen molar-refractivity contribution in [3.8, 4) is 0 Å². The Hall–Kier alpha value is -1.11. The Balaban J connectivity index is 0.000000286. The maximum atomic E-state index is 10.4. The summed E-state index contributed by atoms with van der Waals surface area (Å²) in [4.78, 5) is 10.8. The summed E-state index contributed by atoms with van der Waals surface area (Å²) >= 11 is 5.80. The number of carbonyl (C=O) groups is 1. The third kappa shape index (κ3) is 5.11. The Bertz CT molecular complexity index is 450. The van der Waals surface area contributed by atoms with Crippen molar-refractivity contribution in [2.45, 2.75) is 18.2 Å². The molecule has 3 nitrogen and oxygen atoms in total. The van der Waals surface area contributed by atoms with Crippen molar-refractivity contribution < 1.29 is 23.1 Å². The molecule has 20 heavy (non-hydrogen) atoms. The fourth-order valence-corrected chi connectivity index (χ4v) is 2.10. The zero-order valence-electron chi connectivity index (χ0n) is 10.8. The van der Waals surface area contributed by atoms with E-state index in [1.54, 1.807) is 0 Å². The average molecular weight is 310 g/mol. The normalized spacial score (nSPS) is 23.1. The molecule has 0 aliphatic carbocycles. The molecule has 7 heteroatoms. The van der Waals surface area contributed by atoms with Gasteiger partial charge in [0.15, 0.2) is 0 Å². The van der Waals surface area contributed by atoms with E-state index in [4.69, 9.17) is 16.4 Å². The first-order chi connectivity index (χ1) is 9.16. The average Bonchev–Trinajstić information content (AvgIpc) is 2.71. The number of aldehydes is 1. The number of aliphatic hydroxyl groups is 1. The summed E-state index contributed by atoms with van der Waals surface area (Å²) in [5, 5.41) is 11.1. The van der Waals surface area contributed by atoms with Gasteiger partial charge in [-0.25, -0.2) is 0 Å². The van der Waals surface area contributed by atoms with E-state index >= 15 is 0 Å². The van der Waals surface area contributed by atoms with Crippen LogP contribution in [0.3, 0.4) is 0 Å². The minimum Gasteiger partial charge on any atom is -0.384 e. The fourth-order valence-electron chi connectivity index (χ4n) is 1.98. The van der Waals surface area contributed by atoms with Gasteiger partial charge >= 0.3 is 6.18 Å². The zero-order valence-corrected chi connectivity index (χ0v) is 11.6. The Morgan fingerprint density at radius 2 is 1.85 bits per heavy atom. The molecule has 1 unspecified atom stereocenters. The van der Waals surface area contributed by atoms with Crippen LogP contribution < -0.4 is 0 Å². The second-order valence-electron chi connectivity index (χ2n) is 4.69. The van der Waals surface area contributed by atoms with Crippen LogP contribution in [-0.2, 0) is 10.4 Å². The van der Waals surface area contributed by atoms with Gasteiger partial charge in [-0.1, -0.05) is 23.7 Å². The minimum absolute atomic E-state index is 0.681. The summed E-state index contributed by atoms with van der Waals surface area (Å²) in [6.45, 7) is 1.65. The quantitative estimate of drug-likeness (QED) is 0.811. The molecule has 0 bridgehead atoms. The second kappa shape index (κ2) is 6.56. The van der Waals surface area contributed by atoms with Crippen LogP contribution in [-0.4, -0.2) is 42.6 Å². The van der Waals surface area contributed by atoms with Crippen molar-refractivity contribution in [2.75, 3.05) is 20.1 Å². The molecule has 1 heterocycles. The van der Waals surface area contributed by atoms with Crippen molar-refractivity contribution in [3.05, 3.63) is 34.9 Å². The van der Waals surface area contributed by atoms with Gasteiger partial charge < -0.3 is 10.0 Å². The van der Waals surface area contributed by atoms with Gasteiger partial charge in [0.25, 0.3) is 0 Å². The molecule has 0 spiro atoms. The lowest BCUT2D eigenvalue weighted by Crippen LogP contribution is -2.28. The van der Waals surface area contributed by atoms with Crippen molar-refractivity contribution in [1.29, 1.82) is 0 Å². The Morgan fingerprint density at radius 1 is 1.35 bits per heavy atom. The number of alkyl halides is 3. The van der Waals surface area contributed by atoms with E-state index in [0.29, 0.717) is 11.6 Å². The van der Waals surface area contributed by atoms with E-state index in [0.717, 1.165) is 18.5 Å². The minimum atomic E-state index is -4.64. The number of carbonyl (C=O) groups excluding carboxylic acids is 1. The molecule has 1 atom stereocenters. The number of benzene rings is 1. The number of rotatable bonds is 1. The highest BCUT2D eigenvalue weighted by Gasteiger charge is 2.35. The van der Waals surface area contributed by atoms with E-state index in [-0.39, 0.29) is 0 Å². The highest BCUT2D eigenvalue weighted by Crippen LogP contribution is 2.31. The first-order valence-corrected chi connectivity index (χ1v) is 6.24. The van der Waals surface area contributed by atoms with Gasteiger partial charge in [-0.05, 0) is 31.2 Å². The van der Waals surface area contributed by atoms with Crippen molar-refractivity contribution >= 4 is 17.9 Å². The fraction of sp³-hybridized carbons (Fsp3) is 0.462. The highest BCUT2D eigenvalue weighted by atomic mass is 35.5. The van der Waals surface area contributed by atoms with Crippen LogP contribution in [0.1, 0.15) is 12.0 Å². The molecule has 0 aromatic heterocycles. The lowest BCUT2D eigenvalue weighted by Gasteiger charge is -2.22. The van der Waals surface area contributed by atoms with E-state index in [2.05, 4.69) is 4.90 Å². The molecule has 1 aromatic carbocycles. The molecule has 1 fully saturated rings. The summed E-state index contributed by atoms with van der Waals surface area (Å²) in [5.41, 5.74) is 0.283. The van der Waals surface area contributed by atoms with Crippen LogP contribution in [0.4, 0.5) is 13.2 Å². The summed E-state index contributed by atoms with van der Waals surface area (Å²) in [6, 6.07) is 7.46. The Kier molecular flexibility index (Phi) is 5.56. The Morgan fingerprint density at radius 3 is 2.20 bits per heavy atom. The molecular weight excluding hydrogens is 295 g/mol.